The van der Waals surface area contributed by atoms with Gasteiger partial charge in [-0.15, -0.1) is 0 Å². The van der Waals surface area contributed by atoms with Gasteiger partial charge in [0.05, 0.1) is 18.6 Å². The Bertz CT molecular complexity index is 779. The summed E-state index contributed by atoms with van der Waals surface area (Å²) < 4.78 is 0. The number of aliphatic carboxylic acids is 2. The second kappa shape index (κ2) is 13.9. The highest BCUT2D eigenvalue weighted by molar-refractivity contribution is 5.95. The van der Waals surface area contributed by atoms with Crippen LogP contribution in [-0.2, 0) is 24.0 Å². The number of aliphatic hydroxyl groups is 1. The molecular formula is C19H33N7O8. The second-order valence-corrected chi connectivity index (χ2v) is 7.88. The summed E-state index contributed by atoms with van der Waals surface area (Å²) in [4.78, 5) is 64.2. The van der Waals surface area contributed by atoms with Crippen molar-refractivity contribution in [2.75, 3.05) is 13.1 Å². The SMILES string of the molecule is CC(O)C(NC(=O)C(CC(=O)O)NC(=O)C(CCCN=C(N)N)NC(=O)C1CCCN1)C(=O)O. The third-order valence-electron chi connectivity index (χ3n) is 5.01. The number of hydrogen-bond acceptors (Lipinski definition) is 8. The number of nitrogens with two attached hydrogens (primary N) is 2. The van der Waals surface area contributed by atoms with Crippen LogP contribution in [0.1, 0.15) is 39.0 Å². The minimum atomic E-state index is -1.72. The largest absolute Gasteiger partial charge is 0.481 e. The molecule has 0 saturated carbocycles. The Hall–Kier alpha value is -3.46. The topological polar surface area (TPSA) is 259 Å². The molecular weight excluding hydrogens is 454 g/mol. The first-order chi connectivity index (χ1) is 15.9. The van der Waals surface area contributed by atoms with E-state index in [0.717, 1.165) is 13.3 Å². The van der Waals surface area contributed by atoms with Crippen molar-refractivity contribution in [2.45, 2.75) is 69.3 Å². The Labute approximate surface area is 195 Å². The van der Waals surface area contributed by atoms with E-state index in [1.165, 1.54) is 0 Å². The van der Waals surface area contributed by atoms with Crippen LogP contribution >= 0.6 is 0 Å². The fraction of sp³-hybridized carbons (Fsp3) is 0.684. The van der Waals surface area contributed by atoms with E-state index in [1.54, 1.807) is 0 Å². The molecule has 1 heterocycles. The maximum absolute atomic E-state index is 12.9. The van der Waals surface area contributed by atoms with Gasteiger partial charge in [0, 0.05) is 6.54 Å². The molecule has 5 atom stereocenters. The van der Waals surface area contributed by atoms with Gasteiger partial charge in [-0.3, -0.25) is 24.2 Å². The first kappa shape index (κ1) is 28.6. The normalized spacial score (nSPS) is 18.6. The van der Waals surface area contributed by atoms with Crippen LogP contribution in [0.5, 0.6) is 0 Å². The molecule has 1 saturated heterocycles. The van der Waals surface area contributed by atoms with Crippen molar-refractivity contribution in [3.8, 4) is 0 Å². The lowest BCUT2D eigenvalue weighted by molar-refractivity contribution is -0.146. The fourth-order valence-electron chi connectivity index (χ4n) is 3.25. The minimum absolute atomic E-state index is 0.0773. The van der Waals surface area contributed by atoms with Gasteiger partial charge in [0.25, 0.3) is 0 Å². The number of guanidine groups is 1. The lowest BCUT2D eigenvalue weighted by atomic mass is 10.1. The van der Waals surface area contributed by atoms with Crippen molar-refractivity contribution < 1.29 is 39.3 Å². The Balaban J connectivity index is 2.96. The minimum Gasteiger partial charge on any atom is -0.481 e. The number of hydrogen-bond donors (Lipinski definition) is 9. The summed E-state index contributed by atoms with van der Waals surface area (Å²) in [5.74, 6) is -5.53. The molecule has 0 spiro atoms. The van der Waals surface area contributed by atoms with E-state index in [1.807, 2.05) is 5.32 Å². The molecule has 34 heavy (non-hydrogen) atoms. The molecule has 5 unspecified atom stereocenters. The van der Waals surface area contributed by atoms with Gasteiger partial charge in [-0.25, -0.2) is 4.79 Å². The molecule has 1 aliphatic heterocycles. The Morgan fingerprint density at radius 1 is 1.06 bits per heavy atom. The molecule has 0 aromatic carbocycles. The fourth-order valence-corrected chi connectivity index (χ4v) is 3.25. The van der Waals surface area contributed by atoms with Gasteiger partial charge in [-0.1, -0.05) is 0 Å². The number of carboxylic acids is 2. The molecule has 0 aromatic heterocycles. The van der Waals surface area contributed by atoms with Crippen molar-refractivity contribution in [2.24, 2.45) is 16.5 Å². The van der Waals surface area contributed by atoms with Crippen LogP contribution in [0.4, 0.5) is 0 Å². The monoisotopic (exact) mass is 487 g/mol. The zero-order valence-electron chi connectivity index (χ0n) is 18.8. The molecule has 1 aliphatic rings. The number of rotatable bonds is 14. The highest BCUT2D eigenvalue weighted by Gasteiger charge is 2.33. The van der Waals surface area contributed by atoms with Gasteiger partial charge >= 0.3 is 11.9 Å². The van der Waals surface area contributed by atoms with E-state index in [4.69, 9.17) is 21.7 Å². The van der Waals surface area contributed by atoms with E-state index in [-0.39, 0.29) is 25.3 Å². The molecule has 15 nitrogen and oxygen atoms in total. The lowest BCUT2D eigenvalue weighted by Crippen LogP contribution is -2.58. The number of aliphatic hydroxyl groups excluding tert-OH is 1. The molecule has 15 heteroatoms. The van der Waals surface area contributed by atoms with E-state index in [2.05, 4.69) is 20.9 Å². The first-order valence-electron chi connectivity index (χ1n) is 10.7. The number of nitrogens with zero attached hydrogens (tertiary/aromatic N) is 1. The number of aliphatic imine (C=N–C) groups is 1. The molecule has 0 bridgehead atoms. The van der Waals surface area contributed by atoms with Crippen LogP contribution in [0.3, 0.4) is 0 Å². The van der Waals surface area contributed by atoms with Gasteiger partial charge in [0.15, 0.2) is 12.0 Å². The van der Waals surface area contributed by atoms with Crippen LogP contribution in [0.15, 0.2) is 4.99 Å². The summed E-state index contributed by atoms with van der Waals surface area (Å²) in [6, 6.07) is -5.01. The smallest absolute Gasteiger partial charge is 0.328 e. The Kier molecular flexibility index (Phi) is 11.7. The van der Waals surface area contributed by atoms with E-state index in [0.29, 0.717) is 13.0 Å². The zero-order valence-corrected chi connectivity index (χ0v) is 18.8. The first-order valence-corrected chi connectivity index (χ1v) is 10.7. The number of amides is 3. The summed E-state index contributed by atoms with van der Waals surface area (Å²) in [6.45, 7) is 1.94. The standard InChI is InChI=1S/C19H33N7O8/c1-9(27)14(18(33)34)26-17(32)12(8-13(28)29)25-16(31)11(5-3-7-23-19(20)21)24-15(30)10-4-2-6-22-10/h9-12,14,22,27H,2-8H2,1H3,(H,24,30)(H,25,31)(H,26,32)(H,28,29)(H,33,34)(H4,20,21,23). The predicted octanol–water partition coefficient (Wildman–Crippen LogP) is -3.81. The highest BCUT2D eigenvalue weighted by atomic mass is 16.4. The van der Waals surface area contributed by atoms with Gasteiger partial charge in [0.1, 0.15) is 12.1 Å². The number of carbonyl (C=O) groups excluding carboxylic acids is 3. The van der Waals surface area contributed by atoms with Crippen molar-refractivity contribution in [1.29, 1.82) is 0 Å². The molecule has 3 amide bonds. The summed E-state index contributed by atoms with van der Waals surface area (Å²) in [6.07, 6.45) is -0.615. The second-order valence-electron chi connectivity index (χ2n) is 7.88. The van der Waals surface area contributed by atoms with E-state index >= 15 is 0 Å². The molecule has 0 radical (unpaired) electrons. The van der Waals surface area contributed by atoms with E-state index < -0.39 is 66.4 Å². The van der Waals surface area contributed by atoms with E-state index in [9.17, 15) is 29.1 Å². The van der Waals surface area contributed by atoms with Crippen molar-refractivity contribution in [3.63, 3.8) is 0 Å². The summed E-state index contributed by atoms with van der Waals surface area (Å²) in [5, 5.41) is 37.6. The van der Waals surface area contributed by atoms with Gasteiger partial charge in [0.2, 0.25) is 17.7 Å². The highest BCUT2D eigenvalue weighted by Crippen LogP contribution is 2.08. The number of carbonyl (C=O) groups is 5. The van der Waals surface area contributed by atoms with Gasteiger partial charge in [-0.2, -0.15) is 0 Å². The third-order valence-corrected chi connectivity index (χ3v) is 5.01. The molecule has 11 N–H and O–H groups in total. The Morgan fingerprint density at radius 2 is 1.71 bits per heavy atom. The van der Waals surface area contributed by atoms with Crippen LogP contribution in [-0.4, -0.2) is 94.3 Å². The molecule has 192 valence electrons. The van der Waals surface area contributed by atoms with Gasteiger partial charge < -0.3 is 48.1 Å². The van der Waals surface area contributed by atoms with Gasteiger partial charge in [-0.05, 0) is 39.2 Å². The maximum atomic E-state index is 12.9. The van der Waals surface area contributed by atoms with Crippen molar-refractivity contribution in [3.05, 3.63) is 0 Å². The quantitative estimate of drug-likeness (QED) is 0.0651. The number of nitrogens with one attached hydrogen (secondary N) is 4. The summed E-state index contributed by atoms with van der Waals surface area (Å²) in [5.41, 5.74) is 10.5. The molecule has 0 aliphatic carbocycles. The molecule has 1 fully saturated rings. The summed E-state index contributed by atoms with van der Waals surface area (Å²) in [7, 11) is 0. The lowest BCUT2D eigenvalue weighted by Gasteiger charge is -2.25. The zero-order chi connectivity index (χ0) is 25.8. The van der Waals surface area contributed by atoms with Crippen LogP contribution in [0.25, 0.3) is 0 Å². The maximum Gasteiger partial charge on any atom is 0.328 e. The summed E-state index contributed by atoms with van der Waals surface area (Å²) >= 11 is 0. The van der Waals surface area contributed by atoms with Crippen LogP contribution < -0.4 is 32.7 Å². The average Bonchev–Trinajstić information content (AvgIpc) is 3.27. The Morgan fingerprint density at radius 3 is 2.21 bits per heavy atom. The van der Waals surface area contributed by atoms with Crippen molar-refractivity contribution >= 4 is 35.6 Å². The van der Waals surface area contributed by atoms with Crippen LogP contribution in [0.2, 0.25) is 0 Å². The third kappa shape index (κ3) is 9.99. The van der Waals surface area contributed by atoms with Crippen molar-refractivity contribution in [1.82, 2.24) is 21.3 Å². The average molecular weight is 488 g/mol. The predicted molar refractivity (Wildman–Crippen MR) is 118 cm³/mol. The molecule has 0 aromatic rings. The van der Waals surface area contributed by atoms with Crippen LogP contribution in [0, 0.1) is 0 Å². The molecule has 1 rings (SSSR count). The number of carboxylic acid groups (broad SMARTS) is 2.